The predicted molar refractivity (Wildman–Crippen MR) is 93.3 cm³/mol. The highest BCUT2D eigenvalue weighted by atomic mass is 16.5. The fourth-order valence-electron chi connectivity index (χ4n) is 4.32. The number of carboxylic acids is 1. The Kier molecular flexibility index (Phi) is 4.99. The smallest absolute Gasteiger partial charge is 0.311 e. The van der Waals surface area contributed by atoms with E-state index < -0.39 is 11.4 Å². The molecule has 136 valence electrons. The Morgan fingerprint density at radius 3 is 2.88 bits per heavy atom. The summed E-state index contributed by atoms with van der Waals surface area (Å²) in [6.07, 6.45) is 2.64. The molecule has 1 aliphatic heterocycles. The van der Waals surface area contributed by atoms with Crippen molar-refractivity contribution in [3.63, 3.8) is 0 Å². The highest BCUT2D eigenvalue weighted by Crippen LogP contribution is 2.49. The number of benzene rings is 1. The summed E-state index contributed by atoms with van der Waals surface area (Å²) >= 11 is 0. The van der Waals surface area contributed by atoms with Crippen LogP contribution in [0.25, 0.3) is 0 Å². The Bertz CT molecular complexity index is 663. The molecule has 0 aromatic heterocycles. The van der Waals surface area contributed by atoms with Crippen molar-refractivity contribution in [2.75, 3.05) is 20.2 Å². The molecule has 1 aromatic carbocycles. The fraction of sp³-hybridized carbons (Fsp3) is 0.579. The molecule has 1 saturated heterocycles. The van der Waals surface area contributed by atoms with Crippen LogP contribution in [0.5, 0.6) is 5.75 Å². The van der Waals surface area contributed by atoms with E-state index in [0.29, 0.717) is 19.6 Å². The van der Waals surface area contributed by atoms with Gasteiger partial charge in [-0.05, 0) is 31.7 Å². The number of amides is 1. The number of rotatable bonds is 6. The molecule has 6 nitrogen and oxygen atoms in total. The van der Waals surface area contributed by atoms with Gasteiger partial charge in [-0.25, -0.2) is 0 Å². The second-order valence-electron chi connectivity index (χ2n) is 7.19. The molecule has 0 bridgehead atoms. The molecule has 1 amide bonds. The maximum Gasteiger partial charge on any atom is 0.311 e. The number of nitrogens with zero attached hydrogens (tertiary/aromatic N) is 1. The lowest BCUT2D eigenvalue weighted by Crippen LogP contribution is -2.45. The minimum Gasteiger partial charge on any atom is -0.496 e. The molecular formula is C19H26N2O4. The van der Waals surface area contributed by atoms with Gasteiger partial charge in [0.05, 0.1) is 18.6 Å². The number of ether oxygens (including phenoxy) is 1. The molecule has 3 rings (SSSR count). The molecule has 0 spiro atoms. The largest absolute Gasteiger partial charge is 0.496 e. The van der Waals surface area contributed by atoms with E-state index in [1.54, 1.807) is 7.11 Å². The van der Waals surface area contributed by atoms with E-state index in [1.165, 1.54) is 0 Å². The van der Waals surface area contributed by atoms with E-state index in [4.69, 9.17) is 4.74 Å². The van der Waals surface area contributed by atoms with Gasteiger partial charge < -0.3 is 15.2 Å². The lowest BCUT2D eigenvalue weighted by Gasteiger charge is -2.26. The standard InChI is InChI=1S/C19H26N2O4/c1-13(17(22)20-10-14-6-3-4-8-16(14)25-2)21-11-15-7-5-9-19(15,12-21)18(23)24/h3-4,6,8,13,15H,5,7,9-12H2,1-2H3,(H,20,22)(H,23,24)/t13?,15-,19+/m0/s1. The molecule has 1 aromatic rings. The summed E-state index contributed by atoms with van der Waals surface area (Å²) in [5, 5.41) is 12.6. The van der Waals surface area contributed by atoms with Crippen molar-refractivity contribution in [3.8, 4) is 5.75 Å². The number of methoxy groups -OCH3 is 1. The average molecular weight is 346 g/mol. The summed E-state index contributed by atoms with van der Waals surface area (Å²) < 4.78 is 5.30. The summed E-state index contributed by atoms with van der Waals surface area (Å²) in [5.74, 6) is 0.121. The molecule has 3 atom stereocenters. The van der Waals surface area contributed by atoms with Gasteiger partial charge in [-0.3, -0.25) is 14.5 Å². The van der Waals surface area contributed by atoms with Crippen LogP contribution in [0.4, 0.5) is 0 Å². The SMILES string of the molecule is COc1ccccc1CNC(=O)C(C)N1C[C@@H]2CCC[C@@]2(C(=O)O)C1. The second-order valence-corrected chi connectivity index (χ2v) is 7.19. The van der Waals surface area contributed by atoms with Gasteiger partial charge in [-0.1, -0.05) is 24.6 Å². The van der Waals surface area contributed by atoms with Crippen molar-refractivity contribution >= 4 is 11.9 Å². The maximum absolute atomic E-state index is 12.6. The van der Waals surface area contributed by atoms with Gasteiger partial charge in [0.15, 0.2) is 0 Å². The van der Waals surface area contributed by atoms with Crippen LogP contribution in [0.2, 0.25) is 0 Å². The zero-order chi connectivity index (χ0) is 18.0. The first kappa shape index (κ1) is 17.7. The summed E-state index contributed by atoms with van der Waals surface area (Å²) in [6.45, 7) is 3.41. The van der Waals surface area contributed by atoms with Crippen molar-refractivity contribution in [3.05, 3.63) is 29.8 Å². The van der Waals surface area contributed by atoms with E-state index in [9.17, 15) is 14.7 Å². The van der Waals surface area contributed by atoms with Crippen LogP contribution in [0, 0.1) is 11.3 Å². The Morgan fingerprint density at radius 1 is 1.44 bits per heavy atom. The number of aliphatic carboxylic acids is 1. The fourth-order valence-corrected chi connectivity index (χ4v) is 4.32. The van der Waals surface area contributed by atoms with Crippen molar-refractivity contribution in [2.24, 2.45) is 11.3 Å². The lowest BCUT2D eigenvalue weighted by atomic mass is 9.81. The van der Waals surface area contributed by atoms with Crippen molar-refractivity contribution in [1.29, 1.82) is 0 Å². The maximum atomic E-state index is 12.6. The highest BCUT2D eigenvalue weighted by Gasteiger charge is 2.55. The average Bonchev–Trinajstić information content (AvgIpc) is 3.17. The monoisotopic (exact) mass is 346 g/mol. The molecule has 2 N–H and O–H groups in total. The number of fused-ring (bicyclic) bond motifs is 1. The molecule has 0 radical (unpaired) electrons. The third kappa shape index (κ3) is 3.23. The first-order valence-electron chi connectivity index (χ1n) is 8.85. The Hall–Kier alpha value is -2.08. The molecule has 1 heterocycles. The molecule has 2 aliphatic rings. The predicted octanol–water partition coefficient (Wildman–Crippen LogP) is 1.89. The van der Waals surface area contributed by atoms with Crippen LogP contribution in [0.3, 0.4) is 0 Å². The summed E-state index contributed by atoms with van der Waals surface area (Å²) in [6, 6.07) is 7.25. The van der Waals surface area contributed by atoms with Gasteiger partial charge in [-0.15, -0.1) is 0 Å². The Labute approximate surface area is 148 Å². The van der Waals surface area contributed by atoms with Crippen LogP contribution in [0.1, 0.15) is 31.7 Å². The quantitative estimate of drug-likeness (QED) is 0.822. The van der Waals surface area contributed by atoms with Crippen LogP contribution < -0.4 is 10.1 Å². The number of nitrogens with one attached hydrogen (secondary N) is 1. The van der Waals surface area contributed by atoms with E-state index >= 15 is 0 Å². The topological polar surface area (TPSA) is 78.9 Å². The zero-order valence-electron chi connectivity index (χ0n) is 14.8. The Balaban J connectivity index is 1.61. The van der Waals surface area contributed by atoms with E-state index in [1.807, 2.05) is 36.1 Å². The van der Waals surface area contributed by atoms with Gasteiger partial charge in [-0.2, -0.15) is 0 Å². The van der Waals surface area contributed by atoms with Gasteiger partial charge in [0, 0.05) is 25.2 Å². The van der Waals surface area contributed by atoms with Crippen LogP contribution >= 0.6 is 0 Å². The van der Waals surface area contributed by atoms with Crippen molar-refractivity contribution in [2.45, 2.75) is 38.8 Å². The van der Waals surface area contributed by atoms with Gasteiger partial charge in [0.2, 0.25) is 5.91 Å². The van der Waals surface area contributed by atoms with E-state index in [2.05, 4.69) is 5.32 Å². The zero-order valence-corrected chi connectivity index (χ0v) is 14.8. The molecule has 1 unspecified atom stereocenters. The number of hydrogen-bond acceptors (Lipinski definition) is 4. The highest BCUT2D eigenvalue weighted by molar-refractivity contribution is 5.82. The lowest BCUT2D eigenvalue weighted by molar-refractivity contribution is -0.149. The van der Waals surface area contributed by atoms with Gasteiger partial charge in [0.25, 0.3) is 0 Å². The molecule has 1 aliphatic carbocycles. The number of para-hydroxylation sites is 1. The van der Waals surface area contributed by atoms with Crippen LogP contribution in [0.15, 0.2) is 24.3 Å². The molecule has 25 heavy (non-hydrogen) atoms. The number of hydrogen-bond donors (Lipinski definition) is 2. The molecule has 1 saturated carbocycles. The number of carbonyl (C=O) groups is 2. The first-order valence-corrected chi connectivity index (χ1v) is 8.85. The number of likely N-dealkylation sites (tertiary alicyclic amines) is 1. The third-order valence-corrected chi connectivity index (χ3v) is 5.90. The minimum absolute atomic E-state index is 0.0774. The van der Waals surface area contributed by atoms with E-state index in [-0.39, 0.29) is 17.9 Å². The summed E-state index contributed by atoms with van der Waals surface area (Å²) in [5.41, 5.74) is 0.267. The van der Waals surface area contributed by atoms with Crippen LogP contribution in [-0.4, -0.2) is 48.1 Å². The molecule has 6 heteroatoms. The Morgan fingerprint density at radius 2 is 2.20 bits per heavy atom. The van der Waals surface area contributed by atoms with Crippen LogP contribution in [-0.2, 0) is 16.1 Å². The normalized spacial score (nSPS) is 26.9. The molecule has 2 fully saturated rings. The van der Waals surface area contributed by atoms with Crippen molar-refractivity contribution < 1.29 is 19.4 Å². The van der Waals surface area contributed by atoms with Gasteiger partial charge in [0.1, 0.15) is 5.75 Å². The minimum atomic E-state index is -0.709. The second kappa shape index (κ2) is 7.04. The molecular weight excluding hydrogens is 320 g/mol. The summed E-state index contributed by atoms with van der Waals surface area (Å²) in [4.78, 5) is 26.4. The summed E-state index contributed by atoms with van der Waals surface area (Å²) in [7, 11) is 1.61. The van der Waals surface area contributed by atoms with Gasteiger partial charge >= 0.3 is 5.97 Å². The number of carboxylic acid groups (broad SMARTS) is 1. The van der Waals surface area contributed by atoms with E-state index in [0.717, 1.165) is 30.6 Å². The first-order chi connectivity index (χ1) is 12.0. The number of carbonyl (C=O) groups excluding carboxylic acids is 1. The third-order valence-electron chi connectivity index (χ3n) is 5.90. The van der Waals surface area contributed by atoms with Crippen molar-refractivity contribution in [1.82, 2.24) is 10.2 Å².